The summed E-state index contributed by atoms with van der Waals surface area (Å²) < 4.78 is 22.0. The van der Waals surface area contributed by atoms with Crippen molar-refractivity contribution >= 4 is 0 Å². The van der Waals surface area contributed by atoms with Crippen LogP contribution in [0.25, 0.3) is 0 Å². The number of nitrogens with zero attached hydrogens (tertiary/aromatic N) is 1. The lowest BCUT2D eigenvalue weighted by Crippen LogP contribution is -2.20. The summed E-state index contributed by atoms with van der Waals surface area (Å²) in [5, 5.41) is 0. The van der Waals surface area contributed by atoms with E-state index in [4.69, 9.17) is 7.48 Å². The van der Waals surface area contributed by atoms with Crippen LogP contribution in [0.3, 0.4) is 0 Å². The van der Waals surface area contributed by atoms with Gasteiger partial charge in [0.15, 0.2) is 0 Å². The molecule has 1 unspecified atom stereocenters. The van der Waals surface area contributed by atoms with Crippen molar-refractivity contribution in [2.24, 2.45) is 0 Å². The number of aryl methyl sites for hydroxylation is 1. The van der Waals surface area contributed by atoms with E-state index in [1.165, 1.54) is 4.90 Å². The first-order chi connectivity index (χ1) is 10.4. The first-order valence-corrected chi connectivity index (χ1v) is 6.81. The van der Waals surface area contributed by atoms with Crippen LogP contribution in [0.2, 0.25) is 0 Å². The van der Waals surface area contributed by atoms with Crippen LogP contribution < -0.4 is 0 Å². The fraction of sp³-hybridized carbons (Fsp3) is 0.368. The zero-order chi connectivity index (χ0) is 16.2. The van der Waals surface area contributed by atoms with Crippen molar-refractivity contribution in [3.8, 4) is 0 Å². The average molecular weight is 287 g/mol. The van der Waals surface area contributed by atoms with Gasteiger partial charge in [0, 0.05) is 9.24 Å². The minimum atomic E-state index is -1.50. The number of rotatable bonds is 6. The second kappa shape index (κ2) is 8.60. The maximum atomic E-state index is 8.02. The van der Waals surface area contributed by atoms with Crippen molar-refractivity contribution in [2.75, 3.05) is 27.2 Å². The number of hydrogen-bond acceptors (Lipinski definition) is 2. The zero-order valence-electron chi connectivity index (χ0n) is 14.3. The van der Waals surface area contributed by atoms with Gasteiger partial charge in [-0.05, 0) is 37.7 Å². The van der Waals surface area contributed by atoms with Crippen molar-refractivity contribution in [2.45, 2.75) is 20.5 Å². The molecular weight excluding hydrogens is 258 g/mol. The molecular formula is C19H27NO. The maximum Gasteiger partial charge on any atom is 0.108 e. The van der Waals surface area contributed by atoms with Crippen molar-refractivity contribution in [3.63, 3.8) is 0 Å². The average Bonchev–Trinajstić information content (AvgIpc) is 2.50. The van der Waals surface area contributed by atoms with Crippen LogP contribution in [-0.2, 0) is 4.74 Å². The van der Waals surface area contributed by atoms with E-state index in [0.717, 1.165) is 16.7 Å². The molecule has 2 heteroatoms. The van der Waals surface area contributed by atoms with Crippen LogP contribution >= 0.6 is 0 Å². The topological polar surface area (TPSA) is 12.5 Å². The summed E-state index contributed by atoms with van der Waals surface area (Å²) >= 11 is 0. The van der Waals surface area contributed by atoms with Gasteiger partial charge in [-0.15, -0.1) is 0 Å². The molecule has 21 heavy (non-hydrogen) atoms. The van der Waals surface area contributed by atoms with Gasteiger partial charge < -0.3 is 9.64 Å². The number of likely N-dealkylation sites (N-methyl/N-ethyl adjacent to an activating group) is 1. The molecule has 0 fully saturated rings. The Morgan fingerprint density at radius 1 is 1.05 bits per heavy atom. The number of ether oxygens (including phenoxy) is 1. The van der Waals surface area contributed by atoms with Gasteiger partial charge in [0.25, 0.3) is 0 Å². The predicted octanol–water partition coefficient (Wildman–Crippen LogP) is 4.30. The summed E-state index contributed by atoms with van der Waals surface area (Å²) in [6, 6.07) is 18.0. The van der Waals surface area contributed by atoms with E-state index in [1.807, 2.05) is 48.5 Å². The second-order valence-electron chi connectivity index (χ2n) is 5.01. The Morgan fingerprint density at radius 3 is 2.29 bits per heavy atom. The molecule has 0 heterocycles. The molecule has 2 aromatic rings. The van der Waals surface area contributed by atoms with E-state index in [9.17, 15) is 0 Å². The molecule has 0 aliphatic heterocycles. The monoisotopic (exact) mass is 287 g/mol. The summed E-state index contributed by atoms with van der Waals surface area (Å²) in [5.74, 6) is 0. The molecule has 0 bridgehead atoms. The quantitative estimate of drug-likeness (QED) is 0.785. The van der Waals surface area contributed by atoms with Gasteiger partial charge in [-0.3, -0.25) is 0 Å². The Balaban J connectivity index is 0.00000264. The van der Waals surface area contributed by atoms with E-state index in [0.29, 0.717) is 0 Å². The number of benzene rings is 2. The second-order valence-corrected chi connectivity index (χ2v) is 5.01. The lowest BCUT2D eigenvalue weighted by atomic mass is 9.97. The van der Waals surface area contributed by atoms with Gasteiger partial charge in [0.05, 0.1) is 6.61 Å². The molecule has 0 aliphatic rings. The van der Waals surface area contributed by atoms with E-state index in [2.05, 4.69) is 13.0 Å². The third-order valence-electron chi connectivity index (χ3n) is 3.20. The van der Waals surface area contributed by atoms with Gasteiger partial charge in [0.2, 0.25) is 0 Å². The van der Waals surface area contributed by atoms with Crippen LogP contribution in [0.1, 0.15) is 33.0 Å². The summed E-state index contributed by atoms with van der Waals surface area (Å²) in [7, 11) is 3.43. The minimum Gasteiger partial charge on any atom is -0.367 e. The predicted molar refractivity (Wildman–Crippen MR) is 90.7 cm³/mol. The van der Waals surface area contributed by atoms with Crippen LogP contribution in [-0.4, -0.2) is 32.1 Å². The minimum absolute atomic E-state index is 0. The van der Waals surface area contributed by atoms with Crippen LogP contribution in [0.15, 0.2) is 54.6 Å². The highest BCUT2D eigenvalue weighted by Crippen LogP contribution is 2.28. The lowest BCUT2D eigenvalue weighted by Gasteiger charge is -2.22. The molecule has 0 saturated carbocycles. The van der Waals surface area contributed by atoms with Gasteiger partial charge in [-0.25, -0.2) is 0 Å². The molecule has 2 aromatic carbocycles. The molecule has 2 rings (SSSR count). The molecule has 0 radical (unpaired) electrons. The van der Waals surface area contributed by atoms with Crippen molar-refractivity contribution < 1.29 is 7.48 Å². The van der Waals surface area contributed by atoms with E-state index >= 15 is 0 Å². The number of hydrogen-bond donors (Lipinski definition) is 0. The van der Waals surface area contributed by atoms with Crippen molar-refractivity contribution in [1.29, 1.82) is 0 Å². The highest BCUT2D eigenvalue weighted by atomic mass is 16.5. The smallest absolute Gasteiger partial charge is 0.108 e. The fourth-order valence-corrected chi connectivity index (χ4v) is 2.12. The normalized spacial score (nSPS) is 14.1. The Kier molecular flexibility index (Phi) is 5.86. The largest absolute Gasteiger partial charge is 0.367 e. The molecule has 0 amide bonds. The molecule has 0 N–H and O–H groups in total. The molecule has 0 saturated heterocycles. The van der Waals surface area contributed by atoms with Gasteiger partial charge in [-0.1, -0.05) is 62.0 Å². The third-order valence-corrected chi connectivity index (χ3v) is 3.20. The highest BCUT2D eigenvalue weighted by molar-refractivity contribution is 5.35. The van der Waals surface area contributed by atoms with Crippen LogP contribution in [0.4, 0.5) is 0 Å². The standard InChI is InChI=1S/C18H23NO.CH4/c1-15-9-7-8-12-17(15)18(20-14-13-19(2)3)16-10-5-4-6-11-16;/h4-12,18H,13-14H2,1-3H3;1H4/i13D2;. The van der Waals surface area contributed by atoms with Crippen LogP contribution in [0, 0.1) is 6.92 Å². The fourth-order valence-electron chi connectivity index (χ4n) is 2.12. The highest BCUT2D eigenvalue weighted by Gasteiger charge is 2.16. The lowest BCUT2D eigenvalue weighted by molar-refractivity contribution is 0.0683. The van der Waals surface area contributed by atoms with Crippen molar-refractivity contribution in [3.05, 3.63) is 71.3 Å². The first kappa shape index (κ1) is 14.3. The molecule has 0 aliphatic carbocycles. The first-order valence-electron chi connectivity index (χ1n) is 7.81. The van der Waals surface area contributed by atoms with E-state index < -0.39 is 6.50 Å². The summed E-state index contributed by atoms with van der Waals surface area (Å²) in [6.07, 6.45) is -0.266. The van der Waals surface area contributed by atoms with E-state index in [-0.39, 0.29) is 20.1 Å². The maximum absolute atomic E-state index is 8.02. The third kappa shape index (κ3) is 5.00. The molecule has 0 aromatic heterocycles. The summed E-state index contributed by atoms with van der Waals surface area (Å²) in [4.78, 5) is 1.53. The molecule has 114 valence electrons. The van der Waals surface area contributed by atoms with Gasteiger partial charge >= 0.3 is 0 Å². The SMILES string of the molecule is C.[2H]C([2H])(COC(c1ccccc1)c1ccccc1C)N(C)C. The Labute approximate surface area is 132 Å². The molecule has 1 atom stereocenters. The Morgan fingerprint density at radius 2 is 1.67 bits per heavy atom. The Hall–Kier alpha value is -1.64. The molecule has 2 nitrogen and oxygen atoms in total. The van der Waals surface area contributed by atoms with Gasteiger partial charge in [0.1, 0.15) is 6.10 Å². The zero-order valence-corrected chi connectivity index (χ0v) is 12.3. The summed E-state index contributed by atoms with van der Waals surface area (Å²) in [6.45, 7) is 0.554. The Bertz CT molecular complexity index is 599. The summed E-state index contributed by atoms with van der Waals surface area (Å²) in [5.41, 5.74) is 3.25. The van der Waals surface area contributed by atoms with Gasteiger partial charge in [-0.2, -0.15) is 0 Å². The molecule has 0 spiro atoms. The van der Waals surface area contributed by atoms with E-state index in [1.54, 1.807) is 14.1 Å². The van der Waals surface area contributed by atoms with Crippen LogP contribution in [0.5, 0.6) is 0 Å². The van der Waals surface area contributed by atoms with Crippen molar-refractivity contribution in [1.82, 2.24) is 4.90 Å².